The maximum atomic E-state index is 16.3. The number of carbonyl (C=O) groups is 3. The molecule has 3 heterocycles. The van der Waals surface area contributed by atoms with Gasteiger partial charge in [-0.05, 0) is 56.6 Å². The van der Waals surface area contributed by atoms with E-state index in [0.717, 1.165) is 38.5 Å². The van der Waals surface area contributed by atoms with Crippen molar-refractivity contribution in [2.75, 3.05) is 18.5 Å². The number of hydrogen-bond acceptors (Lipinski definition) is 10. The summed E-state index contributed by atoms with van der Waals surface area (Å²) < 4.78 is 40.8. The number of rotatable bonds is 13. The molecular formula is C33H50FN5O7. The Kier molecular flexibility index (Phi) is 11.8. The highest BCUT2D eigenvalue weighted by Gasteiger charge is 2.51. The predicted molar refractivity (Wildman–Crippen MR) is 169 cm³/mol. The molecule has 1 aliphatic heterocycles. The van der Waals surface area contributed by atoms with Crippen molar-refractivity contribution >= 4 is 29.2 Å². The van der Waals surface area contributed by atoms with E-state index >= 15 is 4.39 Å². The smallest absolute Gasteiger partial charge is 0.323 e. The van der Waals surface area contributed by atoms with E-state index < -0.39 is 59.4 Å². The monoisotopic (exact) mass is 647 g/mol. The standard InChI is InChI=1S/C33H50FN5O7/c1-7-8-16-44-33(5,6)31(42)38-29-22-15-14-21(39(22)37-19-36-29)26-25(34)27(46-30(41)28(35)32(2,3)4)23(45-26)18-43-24(40)17-20-12-10-9-11-13-20/h14-15,19-20,23,25-28H,7-13,16-18,35H2,1-6H3,(H,36,37,38,42)/t23-,25+,26+,27-,28-/m1/s1. The van der Waals surface area contributed by atoms with Crippen LogP contribution in [0.1, 0.15) is 105 Å². The lowest BCUT2D eigenvalue weighted by Gasteiger charge is -2.28. The first-order valence-corrected chi connectivity index (χ1v) is 16.4. The van der Waals surface area contributed by atoms with Crippen LogP contribution in [-0.4, -0.2) is 75.7 Å². The number of hydrogen-bond donors (Lipinski definition) is 2. The number of unbranched alkanes of at least 4 members (excludes halogenated alkanes) is 1. The number of fused-ring (bicyclic) bond motifs is 1. The number of nitrogens with one attached hydrogen (secondary N) is 1. The van der Waals surface area contributed by atoms with Gasteiger partial charge in [-0.3, -0.25) is 14.4 Å². The Hall–Kier alpha value is -3.16. The number of aromatic nitrogens is 3. The van der Waals surface area contributed by atoms with Gasteiger partial charge in [-0.1, -0.05) is 53.4 Å². The molecule has 13 heteroatoms. The van der Waals surface area contributed by atoms with E-state index in [1.807, 2.05) is 6.92 Å². The van der Waals surface area contributed by atoms with Crippen molar-refractivity contribution in [2.45, 2.75) is 129 Å². The van der Waals surface area contributed by atoms with E-state index in [1.165, 1.54) is 17.3 Å². The lowest BCUT2D eigenvalue weighted by molar-refractivity contribution is -0.162. The van der Waals surface area contributed by atoms with Crippen LogP contribution in [0.15, 0.2) is 18.5 Å². The summed E-state index contributed by atoms with van der Waals surface area (Å²) in [6, 6.07) is 2.23. The first-order chi connectivity index (χ1) is 21.7. The van der Waals surface area contributed by atoms with Gasteiger partial charge in [0.25, 0.3) is 5.91 Å². The summed E-state index contributed by atoms with van der Waals surface area (Å²) in [5, 5.41) is 7.08. The normalized spacial score (nSPS) is 23.3. The zero-order valence-corrected chi connectivity index (χ0v) is 27.9. The minimum atomic E-state index is -1.84. The number of carbonyl (C=O) groups excluding carboxylic acids is 3. The van der Waals surface area contributed by atoms with Crippen LogP contribution in [0.4, 0.5) is 10.2 Å². The Morgan fingerprint density at radius 3 is 2.54 bits per heavy atom. The van der Waals surface area contributed by atoms with Crippen molar-refractivity contribution in [3.63, 3.8) is 0 Å². The molecule has 1 saturated carbocycles. The first kappa shape index (κ1) is 35.7. The van der Waals surface area contributed by atoms with Crippen molar-refractivity contribution in [2.24, 2.45) is 17.1 Å². The average molecular weight is 648 g/mol. The van der Waals surface area contributed by atoms with Gasteiger partial charge in [0.1, 0.15) is 42.3 Å². The summed E-state index contributed by atoms with van der Waals surface area (Å²) in [5.41, 5.74) is 5.08. The summed E-state index contributed by atoms with van der Waals surface area (Å²) in [7, 11) is 0. The molecule has 0 spiro atoms. The van der Waals surface area contributed by atoms with Crippen LogP contribution < -0.4 is 11.1 Å². The minimum Gasteiger partial charge on any atom is -0.463 e. The van der Waals surface area contributed by atoms with E-state index in [-0.39, 0.29) is 24.8 Å². The van der Waals surface area contributed by atoms with Crippen LogP contribution in [-0.2, 0) is 33.3 Å². The number of nitrogens with two attached hydrogens (primary N) is 1. The van der Waals surface area contributed by atoms with Crippen LogP contribution >= 0.6 is 0 Å². The van der Waals surface area contributed by atoms with E-state index in [1.54, 1.807) is 46.8 Å². The third-order valence-corrected chi connectivity index (χ3v) is 8.83. The summed E-state index contributed by atoms with van der Waals surface area (Å²) >= 11 is 0. The highest BCUT2D eigenvalue weighted by Crippen LogP contribution is 2.39. The fraction of sp³-hybridized carbons (Fsp3) is 0.727. The molecule has 2 aromatic rings. The van der Waals surface area contributed by atoms with Crippen LogP contribution in [0, 0.1) is 11.3 Å². The van der Waals surface area contributed by atoms with Crippen molar-refractivity contribution < 1.29 is 37.7 Å². The highest BCUT2D eigenvalue weighted by atomic mass is 19.1. The fourth-order valence-electron chi connectivity index (χ4n) is 5.71. The van der Waals surface area contributed by atoms with E-state index in [0.29, 0.717) is 17.8 Å². The molecule has 4 rings (SSSR count). The quantitative estimate of drug-likeness (QED) is 0.228. The maximum Gasteiger partial charge on any atom is 0.323 e. The molecule has 0 radical (unpaired) electrons. The number of anilines is 1. The number of alkyl halides is 1. The first-order valence-electron chi connectivity index (χ1n) is 16.4. The summed E-state index contributed by atoms with van der Waals surface area (Å²) in [6.45, 7) is 10.9. The lowest BCUT2D eigenvalue weighted by atomic mass is 9.87. The van der Waals surface area contributed by atoms with Gasteiger partial charge in [0.2, 0.25) is 0 Å². The van der Waals surface area contributed by atoms with Gasteiger partial charge in [0, 0.05) is 13.0 Å². The SMILES string of the molecule is CCCCOC(C)(C)C(=O)Nc1ncnn2c([C@@H]3O[C@H](COC(=O)CC4CCCCC4)[C@@H](OC(=O)[C@@H](N)C(C)(C)C)[C@H]3F)ccc12. The average Bonchev–Trinajstić information content (AvgIpc) is 3.57. The predicted octanol–water partition coefficient (Wildman–Crippen LogP) is 4.84. The zero-order chi connectivity index (χ0) is 33.6. The molecule has 0 unspecified atom stereocenters. The Morgan fingerprint density at radius 1 is 1.15 bits per heavy atom. The molecule has 256 valence electrons. The molecule has 3 N–H and O–H groups in total. The minimum absolute atomic E-state index is 0.208. The largest absolute Gasteiger partial charge is 0.463 e. The van der Waals surface area contributed by atoms with Crippen molar-refractivity contribution in [1.82, 2.24) is 14.6 Å². The van der Waals surface area contributed by atoms with Crippen LogP contribution in [0.25, 0.3) is 5.52 Å². The fourth-order valence-corrected chi connectivity index (χ4v) is 5.71. The molecule has 0 aromatic carbocycles. The summed E-state index contributed by atoms with van der Waals surface area (Å²) in [4.78, 5) is 43.0. The molecule has 1 amide bonds. The molecule has 46 heavy (non-hydrogen) atoms. The molecule has 0 bridgehead atoms. The molecule has 1 aliphatic carbocycles. The Morgan fingerprint density at radius 2 is 1.87 bits per heavy atom. The Labute approximate surface area is 270 Å². The number of nitrogens with zero attached hydrogens (tertiary/aromatic N) is 3. The van der Waals surface area contributed by atoms with Crippen molar-refractivity contribution in [3.05, 3.63) is 24.2 Å². The topological polar surface area (TPSA) is 156 Å². The number of halogens is 1. The molecule has 1 saturated heterocycles. The second-order valence-electron chi connectivity index (χ2n) is 14.0. The molecule has 12 nitrogen and oxygen atoms in total. The molecule has 2 aliphatic rings. The summed E-state index contributed by atoms with van der Waals surface area (Å²) in [5.74, 6) is -1.10. The molecular weight excluding hydrogens is 597 g/mol. The third-order valence-electron chi connectivity index (χ3n) is 8.83. The number of amides is 1. The van der Waals surface area contributed by atoms with E-state index in [4.69, 9.17) is 24.7 Å². The van der Waals surface area contributed by atoms with Crippen molar-refractivity contribution in [3.8, 4) is 0 Å². The second-order valence-corrected chi connectivity index (χ2v) is 14.0. The molecule has 2 fully saturated rings. The summed E-state index contributed by atoms with van der Waals surface area (Å²) in [6.07, 6.45) is 3.03. The van der Waals surface area contributed by atoms with Gasteiger partial charge >= 0.3 is 11.9 Å². The van der Waals surface area contributed by atoms with Crippen LogP contribution in [0.3, 0.4) is 0 Å². The maximum absolute atomic E-state index is 16.3. The van der Waals surface area contributed by atoms with Gasteiger partial charge in [0.15, 0.2) is 18.1 Å². The van der Waals surface area contributed by atoms with Gasteiger partial charge in [-0.15, -0.1) is 0 Å². The van der Waals surface area contributed by atoms with E-state index in [9.17, 15) is 14.4 Å². The van der Waals surface area contributed by atoms with Gasteiger partial charge < -0.3 is 30.0 Å². The third kappa shape index (κ3) is 8.60. The lowest BCUT2D eigenvalue weighted by Crippen LogP contribution is -2.47. The number of ether oxygens (including phenoxy) is 4. The van der Waals surface area contributed by atoms with Gasteiger partial charge in [-0.25, -0.2) is 13.9 Å². The molecule has 5 atom stereocenters. The van der Waals surface area contributed by atoms with Gasteiger partial charge in [-0.2, -0.15) is 5.10 Å². The zero-order valence-electron chi connectivity index (χ0n) is 27.9. The van der Waals surface area contributed by atoms with Crippen molar-refractivity contribution in [1.29, 1.82) is 0 Å². The van der Waals surface area contributed by atoms with E-state index in [2.05, 4.69) is 15.4 Å². The Balaban J connectivity index is 1.54. The van der Waals surface area contributed by atoms with Gasteiger partial charge in [0.05, 0.1) is 5.69 Å². The van der Waals surface area contributed by atoms with Crippen LogP contribution in [0.5, 0.6) is 0 Å². The highest BCUT2D eigenvalue weighted by molar-refractivity contribution is 5.98. The second kappa shape index (κ2) is 15.2. The Bertz CT molecular complexity index is 1350. The van der Waals surface area contributed by atoms with Crippen LogP contribution in [0.2, 0.25) is 0 Å². The number of esters is 2. The molecule has 2 aromatic heterocycles.